The van der Waals surface area contributed by atoms with Gasteiger partial charge in [-0.05, 0) is 34.1 Å². The second-order valence-corrected chi connectivity index (χ2v) is 6.74. The van der Waals surface area contributed by atoms with Crippen LogP contribution in [0.3, 0.4) is 0 Å². The number of hydrogen-bond donors (Lipinski definition) is 1. The Morgan fingerprint density at radius 2 is 1.89 bits per heavy atom. The van der Waals surface area contributed by atoms with Crippen molar-refractivity contribution >= 4 is 45.1 Å². The van der Waals surface area contributed by atoms with Gasteiger partial charge in [0.05, 0.1) is 12.8 Å². The van der Waals surface area contributed by atoms with Crippen LogP contribution < -0.4 is 19.5 Å². The zero-order valence-corrected chi connectivity index (χ0v) is 16.6. The Bertz CT molecular complexity index is 888. The SMILES string of the molecule is COc1ccc(Cl)cc1C(=O)OCC(=O)Nc1cc2c(cc1Br)OCCO2. The van der Waals surface area contributed by atoms with Gasteiger partial charge in [0.15, 0.2) is 18.1 Å². The summed E-state index contributed by atoms with van der Waals surface area (Å²) >= 11 is 9.25. The third-order valence-electron chi connectivity index (χ3n) is 3.62. The van der Waals surface area contributed by atoms with E-state index < -0.39 is 18.5 Å². The van der Waals surface area contributed by atoms with Crippen LogP contribution in [0.2, 0.25) is 5.02 Å². The minimum absolute atomic E-state index is 0.137. The predicted octanol–water partition coefficient (Wildman–Crippen LogP) is 3.68. The summed E-state index contributed by atoms with van der Waals surface area (Å²) in [5, 5.41) is 3.01. The molecule has 27 heavy (non-hydrogen) atoms. The van der Waals surface area contributed by atoms with Crippen LogP contribution in [0, 0.1) is 0 Å². The lowest BCUT2D eigenvalue weighted by molar-refractivity contribution is -0.119. The van der Waals surface area contributed by atoms with Crippen LogP contribution in [0.5, 0.6) is 17.2 Å². The highest BCUT2D eigenvalue weighted by atomic mass is 79.9. The molecule has 1 aliphatic heterocycles. The van der Waals surface area contributed by atoms with Gasteiger partial charge in [0.2, 0.25) is 0 Å². The minimum atomic E-state index is -0.717. The monoisotopic (exact) mass is 455 g/mol. The van der Waals surface area contributed by atoms with E-state index in [1.165, 1.54) is 13.2 Å². The lowest BCUT2D eigenvalue weighted by Crippen LogP contribution is -2.22. The van der Waals surface area contributed by atoms with Gasteiger partial charge < -0.3 is 24.3 Å². The number of nitrogens with one attached hydrogen (secondary N) is 1. The van der Waals surface area contributed by atoms with Gasteiger partial charge in [-0.25, -0.2) is 4.79 Å². The van der Waals surface area contributed by atoms with Crippen molar-refractivity contribution in [2.75, 3.05) is 32.2 Å². The van der Waals surface area contributed by atoms with E-state index in [1.807, 2.05) is 0 Å². The van der Waals surface area contributed by atoms with Crippen LogP contribution >= 0.6 is 27.5 Å². The van der Waals surface area contributed by atoms with Crippen molar-refractivity contribution in [1.29, 1.82) is 0 Å². The van der Waals surface area contributed by atoms with Gasteiger partial charge in [0.25, 0.3) is 5.91 Å². The molecule has 0 aliphatic carbocycles. The number of carbonyl (C=O) groups excluding carboxylic acids is 2. The van der Waals surface area contributed by atoms with Gasteiger partial charge in [-0.3, -0.25) is 4.79 Å². The summed E-state index contributed by atoms with van der Waals surface area (Å²) in [5.41, 5.74) is 0.610. The number of esters is 1. The van der Waals surface area contributed by atoms with Crippen molar-refractivity contribution in [3.63, 3.8) is 0 Å². The molecule has 142 valence electrons. The Hall–Kier alpha value is -2.45. The van der Waals surface area contributed by atoms with Gasteiger partial charge in [-0.15, -0.1) is 0 Å². The Morgan fingerprint density at radius 3 is 2.59 bits per heavy atom. The molecular weight excluding hydrogens is 442 g/mol. The maximum absolute atomic E-state index is 12.2. The summed E-state index contributed by atoms with van der Waals surface area (Å²) < 4.78 is 21.7. The van der Waals surface area contributed by atoms with E-state index in [0.717, 1.165) is 0 Å². The van der Waals surface area contributed by atoms with E-state index in [-0.39, 0.29) is 5.56 Å². The first kappa shape index (κ1) is 19.3. The largest absolute Gasteiger partial charge is 0.496 e. The fraction of sp³-hybridized carbons (Fsp3) is 0.222. The smallest absolute Gasteiger partial charge is 0.342 e. The van der Waals surface area contributed by atoms with E-state index in [4.69, 9.17) is 30.5 Å². The molecule has 9 heteroatoms. The summed E-state index contributed by atoms with van der Waals surface area (Å²) in [4.78, 5) is 24.4. The fourth-order valence-corrected chi connectivity index (χ4v) is 2.99. The number of fused-ring (bicyclic) bond motifs is 1. The highest BCUT2D eigenvalue weighted by molar-refractivity contribution is 9.10. The Morgan fingerprint density at radius 1 is 1.19 bits per heavy atom. The van der Waals surface area contributed by atoms with Crippen molar-refractivity contribution < 1.29 is 28.5 Å². The number of anilines is 1. The second-order valence-electron chi connectivity index (χ2n) is 5.44. The van der Waals surface area contributed by atoms with Crippen molar-refractivity contribution in [2.45, 2.75) is 0 Å². The molecule has 2 aromatic carbocycles. The van der Waals surface area contributed by atoms with Gasteiger partial charge in [-0.2, -0.15) is 0 Å². The zero-order valence-electron chi connectivity index (χ0n) is 14.2. The summed E-state index contributed by atoms with van der Waals surface area (Å²) in [6.07, 6.45) is 0. The molecule has 1 heterocycles. The van der Waals surface area contributed by atoms with Crippen molar-refractivity contribution in [3.05, 3.63) is 45.4 Å². The topological polar surface area (TPSA) is 83.1 Å². The van der Waals surface area contributed by atoms with Gasteiger partial charge in [0, 0.05) is 21.6 Å². The third-order valence-corrected chi connectivity index (χ3v) is 4.51. The Labute approximate surface area is 168 Å². The first-order valence-corrected chi connectivity index (χ1v) is 9.04. The normalized spacial score (nSPS) is 12.3. The second kappa shape index (κ2) is 8.49. The summed E-state index contributed by atoms with van der Waals surface area (Å²) in [6.45, 7) is 0.421. The first-order chi connectivity index (χ1) is 13.0. The highest BCUT2D eigenvalue weighted by Crippen LogP contribution is 2.38. The number of ether oxygens (including phenoxy) is 4. The number of hydrogen-bond acceptors (Lipinski definition) is 6. The standard InChI is InChI=1S/C18H15BrClNO6/c1-24-14-3-2-10(20)6-11(14)18(23)27-9-17(22)21-13-8-16-15(7-12(13)19)25-4-5-26-16/h2-3,6-8H,4-5,9H2,1H3,(H,21,22). The summed E-state index contributed by atoms with van der Waals surface area (Å²) in [7, 11) is 1.42. The number of carbonyl (C=O) groups is 2. The molecule has 0 atom stereocenters. The van der Waals surface area contributed by atoms with E-state index in [0.29, 0.717) is 45.6 Å². The molecule has 0 saturated heterocycles. The van der Waals surface area contributed by atoms with Crippen LogP contribution in [-0.4, -0.2) is 38.8 Å². The average Bonchev–Trinajstić information content (AvgIpc) is 2.66. The summed E-state index contributed by atoms with van der Waals surface area (Å²) in [5.74, 6) is 0.192. The molecule has 0 radical (unpaired) electrons. The number of amides is 1. The van der Waals surface area contributed by atoms with E-state index >= 15 is 0 Å². The van der Waals surface area contributed by atoms with Crippen LogP contribution in [0.25, 0.3) is 0 Å². The lowest BCUT2D eigenvalue weighted by Gasteiger charge is -2.20. The number of benzene rings is 2. The molecule has 2 aromatic rings. The van der Waals surface area contributed by atoms with Gasteiger partial charge in [0.1, 0.15) is 24.5 Å². The quantitative estimate of drug-likeness (QED) is 0.691. The molecule has 0 unspecified atom stereocenters. The predicted molar refractivity (Wildman–Crippen MR) is 102 cm³/mol. The zero-order chi connectivity index (χ0) is 19.4. The maximum atomic E-state index is 12.2. The van der Waals surface area contributed by atoms with Gasteiger partial charge in [-0.1, -0.05) is 11.6 Å². The summed E-state index contributed by atoms with van der Waals surface area (Å²) in [6, 6.07) is 7.89. The number of methoxy groups -OCH3 is 1. The van der Waals surface area contributed by atoms with E-state index in [1.54, 1.807) is 24.3 Å². The van der Waals surface area contributed by atoms with Crippen LogP contribution in [0.4, 0.5) is 5.69 Å². The van der Waals surface area contributed by atoms with Crippen LogP contribution in [0.15, 0.2) is 34.8 Å². The highest BCUT2D eigenvalue weighted by Gasteiger charge is 2.18. The molecule has 3 rings (SSSR count). The molecule has 0 aromatic heterocycles. The molecule has 0 bridgehead atoms. The van der Waals surface area contributed by atoms with Crippen molar-refractivity contribution in [3.8, 4) is 17.2 Å². The van der Waals surface area contributed by atoms with Crippen LogP contribution in [0.1, 0.15) is 10.4 Å². The molecular formula is C18H15BrClNO6. The van der Waals surface area contributed by atoms with Gasteiger partial charge >= 0.3 is 5.97 Å². The minimum Gasteiger partial charge on any atom is -0.496 e. The van der Waals surface area contributed by atoms with Crippen LogP contribution in [-0.2, 0) is 9.53 Å². The fourth-order valence-electron chi connectivity index (χ4n) is 2.39. The molecule has 0 fully saturated rings. The maximum Gasteiger partial charge on any atom is 0.342 e. The molecule has 0 saturated carbocycles. The third kappa shape index (κ3) is 4.64. The molecule has 0 spiro atoms. The molecule has 7 nitrogen and oxygen atoms in total. The molecule has 1 N–H and O–H groups in total. The van der Waals surface area contributed by atoms with Crippen molar-refractivity contribution in [2.24, 2.45) is 0 Å². The van der Waals surface area contributed by atoms with E-state index in [9.17, 15) is 9.59 Å². The van der Waals surface area contributed by atoms with E-state index in [2.05, 4.69) is 21.2 Å². The average molecular weight is 457 g/mol. The number of rotatable bonds is 5. The molecule has 1 aliphatic rings. The van der Waals surface area contributed by atoms with Crippen molar-refractivity contribution in [1.82, 2.24) is 0 Å². The molecule has 1 amide bonds. The lowest BCUT2D eigenvalue weighted by atomic mass is 10.2. The Kier molecular flexibility index (Phi) is 6.08. The first-order valence-electron chi connectivity index (χ1n) is 7.87. The Balaban J connectivity index is 1.63. The number of halogens is 2.